The SMILES string of the molecule is CC1C2Cc3ccc(O)cc3C1(C)CCN2CC1CC1.Cl. The summed E-state index contributed by atoms with van der Waals surface area (Å²) in [5.41, 5.74) is 3.12. The molecule has 3 heteroatoms. The van der Waals surface area contributed by atoms with Gasteiger partial charge in [-0.1, -0.05) is 19.9 Å². The maximum Gasteiger partial charge on any atom is 0.115 e. The number of likely N-dealkylation sites (tertiary alicyclic amines) is 1. The molecule has 0 amide bonds. The molecule has 2 bridgehead atoms. The van der Waals surface area contributed by atoms with E-state index >= 15 is 0 Å². The molecule has 0 spiro atoms. The van der Waals surface area contributed by atoms with E-state index in [1.54, 1.807) is 0 Å². The van der Waals surface area contributed by atoms with Gasteiger partial charge in [-0.3, -0.25) is 4.90 Å². The van der Waals surface area contributed by atoms with Crippen LogP contribution >= 0.6 is 12.4 Å². The second kappa shape index (κ2) is 5.17. The molecule has 0 radical (unpaired) electrons. The van der Waals surface area contributed by atoms with Crippen LogP contribution in [-0.2, 0) is 11.8 Å². The lowest BCUT2D eigenvalue weighted by molar-refractivity contribution is 0.0283. The number of nitrogens with zero attached hydrogens (tertiary/aromatic N) is 1. The summed E-state index contributed by atoms with van der Waals surface area (Å²) in [7, 11) is 0. The van der Waals surface area contributed by atoms with Crippen molar-refractivity contribution in [3.63, 3.8) is 0 Å². The third kappa shape index (κ3) is 2.37. The predicted molar refractivity (Wildman–Crippen MR) is 88.3 cm³/mol. The Hall–Kier alpha value is -0.730. The van der Waals surface area contributed by atoms with Gasteiger partial charge in [0.05, 0.1) is 0 Å². The molecule has 1 heterocycles. The fourth-order valence-corrected chi connectivity index (χ4v) is 4.55. The monoisotopic (exact) mass is 307 g/mol. The number of fused-ring (bicyclic) bond motifs is 4. The molecule has 0 aromatic heterocycles. The third-order valence-corrected chi connectivity index (χ3v) is 6.30. The van der Waals surface area contributed by atoms with Gasteiger partial charge in [0.15, 0.2) is 0 Å². The second-order valence-electron chi connectivity index (χ2n) is 7.51. The molecule has 3 aliphatic rings. The molecule has 21 heavy (non-hydrogen) atoms. The van der Waals surface area contributed by atoms with Gasteiger partial charge in [-0.05, 0) is 72.7 Å². The Morgan fingerprint density at radius 3 is 2.81 bits per heavy atom. The van der Waals surface area contributed by atoms with E-state index in [9.17, 15) is 5.11 Å². The van der Waals surface area contributed by atoms with E-state index in [4.69, 9.17) is 0 Å². The Kier molecular flexibility index (Phi) is 3.74. The molecule has 3 unspecified atom stereocenters. The molecule has 2 fully saturated rings. The van der Waals surface area contributed by atoms with Crippen molar-refractivity contribution in [1.29, 1.82) is 0 Å². The molecular formula is C18H26ClNO. The van der Waals surface area contributed by atoms with Crippen molar-refractivity contribution >= 4 is 12.4 Å². The predicted octanol–water partition coefficient (Wildman–Crippen LogP) is 3.75. The van der Waals surface area contributed by atoms with Crippen molar-refractivity contribution in [2.24, 2.45) is 11.8 Å². The van der Waals surface area contributed by atoms with Gasteiger partial charge < -0.3 is 5.11 Å². The minimum absolute atomic E-state index is 0. The van der Waals surface area contributed by atoms with Gasteiger partial charge in [0.25, 0.3) is 0 Å². The van der Waals surface area contributed by atoms with Crippen molar-refractivity contribution in [3.05, 3.63) is 29.3 Å². The van der Waals surface area contributed by atoms with Crippen molar-refractivity contribution in [2.45, 2.75) is 51.0 Å². The topological polar surface area (TPSA) is 23.5 Å². The van der Waals surface area contributed by atoms with Gasteiger partial charge in [0.2, 0.25) is 0 Å². The zero-order valence-electron chi connectivity index (χ0n) is 13.0. The molecule has 4 rings (SSSR count). The van der Waals surface area contributed by atoms with Crippen molar-refractivity contribution < 1.29 is 5.11 Å². The summed E-state index contributed by atoms with van der Waals surface area (Å²) in [5.74, 6) is 2.09. The summed E-state index contributed by atoms with van der Waals surface area (Å²) < 4.78 is 0. The Labute approximate surface area is 134 Å². The van der Waals surface area contributed by atoms with E-state index in [1.165, 1.54) is 49.9 Å². The van der Waals surface area contributed by atoms with Gasteiger partial charge in [-0.15, -0.1) is 12.4 Å². The smallest absolute Gasteiger partial charge is 0.115 e. The highest BCUT2D eigenvalue weighted by Crippen LogP contribution is 2.49. The lowest BCUT2D eigenvalue weighted by Gasteiger charge is -2.54. The van der Waals surface area contributed by atoms with Crippen LogP contribution in [-0.4, -0.2) is 29.1 Å². The molecule has 1 aromatic rings. The largest absolute Gasteiger partial charge is 0.508 e. The van der Waals surface area contributed by atoms with E-state index in [1.807, 2.05) is 12.1 Å². The summed E-state index contributed by atoms with van der Waals surface area (Å²) in [6.45, 7) is 7.39. The van der Waals surface area contributed by atoms with Gasteiger partial charge in [-0.2, -0.15) is 0 Å². The lowest BCUT2D eigenvalue weighted by Crippen LogP contribution is -2.58. The molecule has 1 saturated carbocycles. The highest BCUT2D eigenvalue weighted by atomic mass is 35.5. The van der Waals surface area contributed by atoms with Crippen LogP contribution in [0.3, 0.4) is 0 Å². The zero-order valence-corrected chi connectivity index (χ0v) is 13.8. The van der Waals surface area contributed by atoms with Crippen LogP contribution in [0.25, 0.3) is 0 Å². The van der Waals surface area contributed by atoms with E-state index in [0.717, 1.165) is 5.92 Å². The van der Waals surface area contributed by atoms with Crippen molar-refractivity contribution in [3.8, 4) is 5.75 Å². The molecule has 1 aliphatic heterocycles. The van der Waals surface area contributed by atoms with Gasteiger partial charge in [0.1, 0.15) is 5.75 Å². The minimum Gasteiger partial charge on any atom is -0.508 e. The molecule has 2 aliphatic carbocycles. The first-order valence-corrected chi connectivity index (χ1v) is 8.14. The number of halogens is 1. The van der Waals surface area contributed by atoms with Crippen LogP contribution in [0.5, 0.6) is 5.75 Å². The first-order valence-electron chi connectivity index (χ1n) is 8.14. The number of phenolic OH excluding ortho intramolecular Hbond substituents is 1. The third-order valence-electron chi connectivity index (χ3n) is 6.30. The van der Waals surface area contributed by atoms with Crippen LogP contribution in [0.2, 0.25) is 0 Å². The molecule has 1 aromatic carbocycles. The van der Waals surface area contributed by atoms with E-state index in [2.05, 4.69) is 24.8 Å². The Morgan fingerprint density at radius 2 is 2.10 bits per heavy atom. The van der Waals surface area contributed by atoms with Crippen molar-refractivity contribution in [1.82, 2.24) is 4.90 Å². The molecule has 116 valence electrons. The Morgan fingerprint density at radius 1 is 1.33 bits per heavy atom. The van der Waals surface area contributed by atoms with Crippen LogP contribution < -0.4 is 0 Å². The first kappa shape index (κ1) is 15.2. The van der Waals surface area contributed by atoms with E-state index < -0.39 is 0 Å². The standard InChI is InChI=1S/C18H25NO.ClH/c1-12-17-9-14-5-6-15(20)10-16(14)18(12,2)7-8-19(17)11-13-3-4-13;/h5-6,10,12-13,17,20H,3-4,7-9,11H2,1-2H3;1H. The molecule has 1 N–H and O–H groups in total. The maximum atomic E-state index is 9.85. The van der Waals surface area contributed by atoms with Crippen LogP contribution in [0, 0.1) is 11.8 Å². The highest BCUT2D eigenvalue weighted by molar-refractivity contribution is 5.85. The summed E-state index contributed by atoms with van der Waals surface area (Å²) >= 11 is 0. The average molecular weight is 308 g/mol. The number of piperidine rings is 1. The number of benzene rings is 1. The Bertz CT molecular complexity index is 542. The van der Waals surface area contributed by atoms with Gasteiger partial charge >= 0.3 is 0 Å². The second-order valence-corrected chi connectivity index (χ2v) is 7.51. The summed E-state index contributed by atoms with van der Waals surface area (Å²) in [5, 5.41) is 9.85. The summed E-state index contributed by atoms with van der Waals surface area (Å²) in [4.78, 5) is 2.76. The fourth-order valence-electron chi connectivity index (χ4n) is 4.55. The zero-order chi connectivity index (χ0) is 13.9. The van der Waals surface area contributed by atoms with Crippen LogP contribution in [0.1, 0.15) is 44.2 Å². The summed E-state index contributed by atoms with van der Waals surface area (Å²) in [6, 6.07) is 6.74. The van der Waals surface area contributed by atoms with Gasteiger partial charge in [-0.25, -0.2) is 0 Å². The molecule has 3 atom stereocenters. The highest BCUT2D eigenvalue weighted by Gasteiger charge is 2.48. The Balaban J connectivity index is 0.00000132. The lowest BCUT2D eigenvalue weighted by atomic mass is 9.59. The summed E-state index contributed by atoms with van der Waals surface area (Å²) in [6.07, 6.45) is 5.28. The number of hydrogen-bond donors (Lipinski definition) is 1. The number of phenols is 1. The van der Waals surface area contributed by atoms with Crippen LogP contribution in [0.4, 0.5) is 0 Å². The minimum atomic E-state index is 0. The van der Waals surface area contributed by atoms with E-state index in [0.29, 0.717) is 17.7 Å². The molecular weight excluding hydrogens is 282 g/mol. The maximum absolute atomic E-state index is 9.85. The van der Waals surface area contributed by atoms with Crippen molar-refractivity contribution in [2.75, 3.05) is 13.1 Å². The van der Waals surface area contributed by atoms with Gasteiger partial charge in [0, 0.05) is 12.6 Å². The number of aromatic hydroxyl groups is 1. The fraction of sp³-hybridized carbons (Fsp3) is 0.667. The first-order chi connectivity index (χ1) is 9.58. The number of rotatable bonds is 2. The van der Waals surface area contributed by atoms with Crippen LogP contribution in [0.15, 0.2) is 18.2 Å². The normalized spacial score (nSPS) is 35.0. The molecule has 1 saturated heterocycles. The number of hydrogen-bond acceptors (Lipinski definition) is 2. The molecule has 2 nitrogen and oxygen atoms in total. The average Bonchev–Trinajstić information content (AvgIpc) is 3.22. The quantitative estimate of drug-likeness (QED) is 0.899. The van der Waals surface area contributed by atoms with E-state index in [-0.39, 0.29) is 17.8 Å².